The molecule has 0 aliphatic heterocycles. The number of nitrogens with one attached hydrogen (secondary N) is 1. The fourth-order valence-corrected chi connectivity index (χ4v) is 2.87. The number of carbonyl (C=O) groups is 1. The molecular formula is C20H18ClNO2. The van der Waals surface area contributed by atoms with Gasteiger partial charge in [0.15, 0.2) is 0 Å². The first-order valence-electron chi connectivity index (χ1n) is 7.86. The molecule has 0 radical (unpaired) electrons. The highest BCUT2D eigenvalue weighted by Crippen LogP contribution is 2.25. The fraction of sp³-hybridized carbons (Fsp3) is 0.150. The van der Waals surface area contributed by atoms with Crippen molar-refractivity contribution < 1.29 is 9.53 Å². The molecular weight excluding hydrogens is 322 g/mol. The molecule has 0 aliphatic carbocycles. The minimum absolute atomic E-state index is 0.159. The monoisotopic (exact) mass is 339 g/mol. The Bertz CT molecular complexity index is 871. The number of hydrogen-bond acceptors (Lipinski definition) is 2. The summed E-state index contributed by atoms with van der Waals surface area (Å²) in [6, 6.07) is 19.3. The highest BCUT2D eigenvalue weighted by Gasteiger charge is 2.10. The largest absolute Gasteiger partial charge is 0.492 e. The third-order valence-corrected chi connectivity index (χ3v) is 4.11. The van der Waals surface area contributed by atoms with Gasteiger partial charge in [0, 0.05) is 12.1 Å². The molecule has 3 aromatic rings. The molecule has 24 heavy (non-hydrogen) atoms. The van der Waals surface area contributed by atoms with Crippen LogP contribution in [0.1, 0.15) is 22.8 Å². The second kappa shape index (κ2) is 7.37. The molecule has 0 heterocycles. The van der Waals surface area contributed by atoms with Crippen molar-refractivity contribution in [3.05, 3.63) is 76.8 Å². The molecule has 1 amide bonds. The van der Waals surface area contributed by atoms with Crippen LogP contribution in [0.25, 0.3) is 10.8 Å². The second-order valence-corrected chi connectivity index (χ2v) is 5.81. The van der Waals surface area contributed by atoms with Gasteiger partial charge in [-0.1, -0.05) is 54.1 Å². The van der Waals surface area contributed by atoms with Crippen molar-refractivity contribution in [1.82, 2.24) is 5.32 Å². The molecule has 0 saturated carbocycles. The van der Waals surface area contributed by atoms with Gasteiger partial charge in [0.1, 0.15) is 5.75 Å². The van der Waals surface area contributed by atoms with E-state index in [2.05, 4.69) is 23.5 Å². The fourth-order valence-electron chi connectivity index (χ4n) is 2.64. The van der Waals surface area contributed by atoms with Crippen LogP contribution in [0.4, 0.5) is 0 Å². The van der Waals surface area contributed by atoms with E-state index in [1.54, 1.807) is 18.2 Å². The van der Waals surface area contributed by atoms with Crippen LogP contribution >= 0.6 is 11.6 Å². The van der Waals surface area contributed by atoms with E-state index in [9.17, 15) is 4.79 Å². The standard InChI is InChI=1S/C20H18ClNO2/c1-2-24-19-11-10-15(12-18(19)21)20(23)22-13-16-8-5-7-14-6-3-4-9-17(14)16/h3-12H,2,13H2,1H3,(H,22,23). The van der Waals surface area contributed by atoms with Crippen molar-refractivity contribution >= 4 is 28.3 Å². The van der Waals surface area contributed by atoms with E-state index in [1.165, 1.54) is 0 Å². The summed E-state index contributed by atoms with van der Waals surface area (Å²) < 4.78 is 5.39. The van der Waals surface area contributed by atoms with Crippen molar-refractivity contribution in [1.29, 1.82) is 0 Å². The molecule has 0 aliphatic rings. The van der Waals surface area contributed by atoms with Gasteiger partial charge in [-0.05, 0) is 41.5 Å². The Labute approximate surface area is 146 Å². The third-order valence-electron chi connectivity index (χ3n) is 3.81. The number of rotatable bonds is 5. The summed E-state index contributed by atoms with van der Waals surface area (Å²) in [6.07, 6.45) is 0. The van der Waals surface area contributed by atoms with Crippen LogP contribution < -0.4 is 10.1 Å². The summed E-state index contributed by atoms with van der Waals surface area (Å²) in [4.78, 5) is 12.4. The number of halogens is 1. The van der Waals surface area contributed by atoms with Crippen LogP contribution in [-0.2, 0) is 6.54 Å². The number of amides is 1. The van der Waals surface area contributed by atoms with E-state index in [1.807, 2.05) is 31.2 Å². The summed E-state index contributed by atoms with van der Waals surface area (Å²) in [6.45, 7) is 2.89. The van der Waals surface area contributed by atoms with Gasteiger partial charge in [0.25, 0.3) is 5.91 Å². The maximum absolute atomic E-state index is 12.4. The molecule has 122 valence electrons. The molecule has 0 spiro atoms. The second-order valence-electron chi connectivity index (χ2n) is 5.40. The van der Waals surface area contributed by atoms with Gasteiger partial charge in [-0.15, -0.1) is 0 Å². The quantitative estimate of drug-likeness (QED) is 0.723. The van der Waals surface area contributed by atoms with Gasteiger partial charge in [0.2, 0.25) is 0 Å². The maximum atomic E-state index is 12.4. The van der Waals surface area contributed by atoms with Crippen molar-refractivity contribution in [2.24, 2.45) is 0 Å². The predicted molar refractivity (Wildman–Crippen MR) is 97.7 cm³/mol. The van der Waals surface area contributed by atoms with Crippen LogP contribution in [-0.4, -0.2) is 12.5 Å². The van der Waals surface area contributed by atoms with Gasteiger partial charge in [0.05, 0.1) is 11.6 Å². The van der Waals surface area contributed by atoms with Crippen LogP contribution in [0.2, 0.25) is 5.02 Å². The maximum Gasteiger partial charge on any atom is 0.251 e. The van der Waals surface area contributed by atoms with Crippen LogP contribution in [0.3, 0.4) is 0 Å². The Hall–Kier alpha value is -2.52. The first kappa shape index (κ1) is 16.3. The molecule has 0 atom stereocenters. The Balaban J connectivity index is 1.74. The molecule has 3 nitrogen and oxygen atoms in total. The Kier molecular flexibility index (Phi) is 5.02. The predicted octanol–water partition coefficient (Wildman–Crippen LogP) is 4.82. The van der Waals surface area contributed by atoms with E-state index in [0.717, 1.165) is 16.3 Å². The van der Waals surface area contributed by atoms with Gasteiger partial charge in [-0.3, -0.25) is 4.79 Å². The SMILES string of the molecule is CCOc1ccc(C(=O)NCc2cccc3ccccc23)cc1Cl. The Morgan fingerprint density at radius 1 is 1.08 bits per heavy atom. The first-order valence-corrected chi connectivity index (χ1v) is 8.24. The van der Waals surface area contributed by atoms with Gasteiger partial charge in [-0.25, -0.2) is 0 Å². The average Bonchev–Trinajstić information content (AvgIpc) is 2.61. The number of benzene rings is 3. The third kappa shape index (κ3) is 3.52. The van der Waals surface area contributed by atoms with E-state index < -0.39 is 0 Å². The summed E-state index contributed by atoms with van der Waals surface area (Å²) in [5.41, 5.74) is 1.60. The number of carbonyl (C=O) groups excluding carboxylic acids is 1. The highest BCUT2D eigenvalue weighted by atomic mass is 35.5. The van der Waals surface area contributed by atoms with E-state index in [4.69, 9.17) is 16.3 Å². The minimum Gasteiger partial charge on any atom is -0.492 e. The lowest BCUT2D eigenvalue weighted by molar-refractivity contribution is 0.0951. The lowest BCUT2D eigenvalue weighted by Crippen LogP contribution is -2.22. The lowest BCUT2D eigenvalue weighted by atomic mass is 10.0. The molecule has 3 aromatic carbocycles. The zero-order valence-corrected chi connectivity index (χ0v) is 14.1. The van der Waals surface area contributed by atoms with Gasteiger partial charge < -0.3 is 10.1 Å². The van der Waals surface area contributed by atoms with E-state index in [-0.39, 0.29) is 5.91 Å². The molecule has 0 saturated heterocycles. The smallest absolute Gasteiger partial charge is 0.251 e. The molecule has 0 aromatic heterocycles. The van der Waals surface area contributed by atoms with Crippen molar-refractivity contribution in [2.75, 3.05) is 6.61 Å². The minimum atomic E-state index is -0.159. The van der Waals surface area contributed by atoms with Crippen LogP contribution in [0.5, 0.6) is 5.75 Å². The lowest BCUT2D eigenvalue weighted by Gasteiger charge is -2.10. The number of ether oxygens (including phenoxy) is 1. The topological polar surface area (TPSA) is 38.3 Å². The number of hydrogen-bond donors (Lipinski definition) is 1. The summed E-state index contributed by atoms with van der Waals surface area (Å²) in [5, 5.41) is 5.69. The Morgan fingerprint density at radius 3 is 2.67 bits per heavy atom. The molecule has 0 unspecified atom stereocenters. The zero-order chi connectivity index (χ0) is 16.9. The molecule has 4 heteroatoms. The highest BCUT2D eigenvalue weighted by molar-refractivity contribution is 6.32. The van der Waals surface area contributed by atoms with Crippen LogP contribution in [0.15, 0.2) is 60.7 Å². The molecule has 1 N–H and O–H groups in total. The van der Waals surface area contributed by atoms with Crippen molar-refractivity contribution in [3.63, 3.8) is 0 Å². The van der Waals surface area contributed by atoms with Gasteiger partial charge >= 0.3 is 0 Å². The summed E-state index contributed by atoms with van der Waals surface area (Å²) >= 11 is 6.14. The first-order chi connectivity index (χ1) is 11.7. The van der Waals surface area contributed by atoms with Crippen molar-refractivity contribution in [2.45, 2.75) is 13.5 Å². The zero-order valence-electron chi connectivity index (χ0n) is 13.4. The Morgan fingerprint density at radius 2 is 1.88 bits per heavy atom. The number of fused-ring (bicyclic) bond motifs is 1. The molecule has 3 rings (SSSR count). The average molecular weight is 340 g/mol. The van der Waals surface area contributed by atoms with Crippen molar-refractivity contribution in [3.8, 4) is 5.75 Å². The molecule has 0 fully saturated rings. The van der Waals surface area contributed by atoms with E-state index >= 15 is 0 Å². The van der Waals surface area contributed by atoms with Crippen LogP contribution in [0, 0.1) is 0 Å². The normalized spacial score (nSPS) is 10.6. The van der Waals surface area contributed by atoms with E-state index in [0.29, 0.717) is 29.5 Å². The van der Waals surface area contributed by atoms with Gasteiger partial charge in [-0.2, -0.15) is 0 Å². The molecule has 0 bridgehead atoms. The summed E-state index contributed by atoms with van der Waals surface area (Å²) in [5.74, 6) is 0.428. The summed E-state index contributed by atoms with van der Waals surface area (Å²) in [7, 11) is 0.